The molecule has 0 heterocycles. The van der Waals surface area contributed by atoms with Gasteiger partial charge in [0.2, 0.25) is 0 Å². The molecule has 0 aromatic heterocycles. The lowest BCUT2D eigenvalue weighted by Crippen LogP contribution is -2.22. The van der Waals surface area contributed by atoms with Crippen LogP contribution >= 0.6 is 0 Å². The Morgan fingerprint density at radius 1 is 1.70 bits per heavy atom. The molecule has 0 aromatic carbocycles. The summed E-state index contributed by atoms with van der Waals surface area (Å²) in [6.45, 7) is 0.373. The second-order valence-corrected chi connectivity index (χ2v) is 1.70. The molecule has 0 saturated heterocycles. The van der Waals surface area contributed by atoms with Gasteiger partial charge in [0.15, 0.2) is 6.10 Å². The summed E-state index contributed by atoms with van der Waals surface area (Å²) >= 11 is 0. The maximum Gasteiger partial charge on any atom is 0.332 e. The van der Waals surface area contributed by atoms with Crippen LogP contribution in [0.4, 0.5) is 8.78 Å². The van der Waals surface area contributed by atoms with Crippen LogP contribution in [0.3, 0.4) is 0 Å². The molecule has 3 nitrogen and oxygen atoms in total. The molecule has 60 valence electrons. The second-order valence-electron chi connectivity index (χ2n) is 1.70. The summed E-state index contributed by atoms with van der Waals surface area (Å²) in [6.07, 6.45) is -3.77. The van der Waals surface area contributed by atoms with Crippen molar-refractivity contribution in [1.82, 2.24) is 0 Å². The number of hydrogen-bond acceptors (Lipinski definition) is 2. The number of carboxylic acids is 1. The molecule has 0 aliphatic carbocycles. The first-order chi connectivity index (χ1) is 4.54. The number of aliphatic carboxylic acids is 1. The number of hydrogen-bond donors (Lipinski definition) is 1. The first-order valence-electron chi connectivity index (χ1n) is 2.66. The molecule has 0 aliphatic rings. The maximum atomic E-state index is 11.3. The minimum absolute atomic E-state index is 0.826. The van der Waals surface area contributed by atoms with E-state index in [4.69, 9.17) is 5.11 Å². The van der Waals surface area contributed by atoms with Crippen molar-refractivity contribution >= 4 is 5.97 Å². The van der Waals surface area contributed by atoms with E-state index in [1.807, 2.05) is 0 Å². The van der Waals surface area contributed by atoms with Crippen molar-refractivity contribution in [2.45, 2.75) is 19.5 Å². The minimum Gasteiger partial charge on any atom is -0.479 e. The van der Waals surface area contributed by atoms with Crippen LogP contribution in [0, 0.1) is 0 Å². The number of rotatable bonds is 4. The lowest BCUT2D eigenvalue weighted by atomic mass is 10.4. The van der Waals surface area contributed by atoms with E-state index in [0.29, 0.717) is 0 Å². The maximum absolute atomic E-state index is 11.3. The van der Waals surface area contributed by atoms with Crippen molar-refractivity contribution in [3.8, 4) is 0 Å². The third kappa shape index (κ3) is 4.20. The molecule has 0 fully saturated rings. The highest BCUT2D eigenvalue weighted by Gasteiger charge is 2.13. The first kappa shape index (κ1) is 9.29. The average Bonchev–Trinajstić information content (AvgIpc) is 1.82. The molecule has 0 rings (SSSR count). The largest absolute Gasteiger partial charge is 0.479 e. The van der Waals surface area contributed by atoms with E-state index in [9.17, 15) is 13.6 Å². The van der Waals surface area contributed by atoms with Gasteiger partial charge in [-0.15, -0.1) is 0 Å². The van der Waals surface area contributed by atoms with Gasteiger partial charge in [-0.05, 0) is 6.92 Å². The number of halogens is 2. The molecular formula is C5H8F2O3. The fourth-order valence-corrected chi connectivity index (χ4v) is 0.288. The van der Waals surface area contributed by atoms with Crippen LogP contribution in [0.2, 0.25) is 0 Å². The fourth-order valence-electron chi connectivity index (χ4n) is 0.288. The monoisotopic (exact) mass is 154 g/mol. The Morgan fingerprint density at radius 2 is 2.20 bits per heavy atom. The van der Waals surface area contributed by atoms with Gasteiger partial charge < -0.3 is 9.84 Å². The normalized spacial score (nSPS) is 13.6. The Kier molecular flexibility index (Phi) is 3.87. The van der Waals surface area contributed by atoms with Crippen LogP contribution in [-0.2, 0) is 9.53 Å². The Hall–Kier alpha value is -0.710. The Balaban J connectivity index is 3.40. The van der Waals surface area contributed by atoms with E-state index < -0.39 is 25.1 Å². The summed E-state index contributed by atoms with van der Waals surface area (Å²) in [7, 11) is 0. The summed E-state index contributed by atoms with van der Waals surface area (Å²) in [6, 6.07) is 0. The summed E-state index contributed by atoms with van der Waals surface area (Å²) < 4.78 is 26.9. The molecule has 0 bridgehead atoms. The van der Waals surface area contributed by atoms with Crippen LogP contribution < -0.4 is 0 Å². The van der Waals surface area contributed by atoms with Crippen molar-refractivity contribution in [3.63, 3.8) is 0 Å². The van der Waals surface area contributed by atoms with E-state index in [-0.39, 0.29) is 0 Å². The quantitative estimate of drug-likeness (QED) is 0.649. The molecule has 5 heteroatoms. The average molecular weight is 154 g/mol. The summed E-state index contributed by atoms with van der Waals surface area (Å²) in [5.41, 5.74) is 0. The van der Waals surface area contributed by atoms with Gasteiger partial charge >= 0.3 is 5.97 Å². The van der Waals surface area contributed by atoms with Gasteiger partial charge in [0.25, 0.3) is 6.43 Å². The standard InChI is InChI=1S/C5H8F2O3/c1-3(5(8)9)10-2-4(6)7/h3-4H,2H2,1H3,(H,8,9)/t3-/m0/s1. The fraction of sp³-hybridized carbons (Fsp3) is 0.800. The van der Waals surface area contributed by atoms with Crippen LogP contribution in [0.15, 0.2) is 0 Å². The smallest absolute Gasteiger partial charge is 0.332 e. The number of carboxylic acid groups (broad SMARTS) is 1. The van der Waals surface area contributed by atoms with Gasteiger partial charge in [0, 0.05) is 0 Å². The van der Waals surface area contributed by atoms with Gasteiger partial charge in [-0.2, -0.15) is 0 Å². The topological polar surface area (TPSA) is 46.5 Å². The predicted molar refractivity (Wildman–Crippen MR) is 29.1 cm³/mol. The van der Waals surface area contributed by atoms with Crippen LogP contribution in [0.1, 0.15) is 6.92 Å². The first-order valence-corrected chi connectivity index (χ1v) is 2.66. The molecule has 0 saturated carbocycles. The molecule has 0 unspecified atom stereocenters. The lowest BCUT2D eigenvalue weighted by molar-refractivity contribution is -0.151. The SMILES string of the molecule is C[C@H](OCC(F)F)C(=O)O. The summed E-state index contributed by atoms with van der Waals surface area (Å²) in [4.78, 5) is 9.94. The minimum atomic E-state index is -2.61. The van der Waals surface area contributed by atoms with E-state index in [2.05, 4.69) is 4.74 Å². The Labute approximate surface area is 56.6 Å². The Bertz CT molecular complexity index is 115. The zero-order chi connectivity index (χ0) is 8.15. The van der Waals surface area contributed by atoms with E-state index in [1.165, 1.54) is 6.92 Å². The zero-order valence-electron chi connectivity index (χ0n) is 5.38. The zero-order valence-corrected chi connectivity index (χ0v) is 5.38. The van der Waals surface area contributed by atoms with E-state index >= 15 is 0 Å². The molecule has 1 atom stereocenters. The molecule has 0 amide bonds. The number of alkyl halides is 2. The third-order valence-corrected chi connectivity index (χ3v) is 0.820. The Morgan fingerprint density at radius 3 is 2.50 bits per heavy atom. The van der Waals surface area contributed by atoms with Gasteiger partial charge in [-0.25, -0.2) is 13.6 Å². The van der Waals surface area contributed by atoms with Crippen molar-refractivity contribution in [1.29, 1.82) is 0 Å². The number of carbonyl (C=O) groups is 1. The lowest BCUT2D eigenvalue weighted by Gasteiger charge is -2.06. The van der Waals surface area contributed by atoms with Crippen LogP contribution in [-0.4, -0.2) is 30.2 Å². The van der Waals surface area contributed by atoms with Crippen LogP contribution in [0.5, 0.6) is 0 Å². The van der Waals surface area contributed by atoms with Gasteiger partial charge in [-0.1, -0.05) is 0 Å². The van der Waals surface area contributed by atoms with Crippen molar-refractivity contribution in [2.75, 3.05) is 6.61 Å². The highest BCUT2D eigenvalue weighted by Crippen LogP contribution is 1.96. The number of ether oxygens (including phenoxy) is 1. The highest BCUT2D eigenvalue weighted by molar-refractivity contribution is 5.71. The van der Waals surface area contributed by atoms with E-state index in [0.717, 1.165) is 0 Å². The molecule has 0 aliphatic heterocycles. The van der Waals surface area contributed by atoms with E-state index in [1.54, 1.807) is 0 Å². The molecular weight excluding hydrogens is 146 g/mol. The van der Waals surface area contributed by atoms with Crippen molar-refractivity contribution in [2.24, 2.45) is 0 Å². The second kappa shape index (κ2) is 4.16. The molecule has 1 N–H and O–H groups in total. The van der Waals surface area contributed by atoms with Gasteiger partial charge in [-0.3, -0.25) is 0 Å². The van der Waals surface area contributed by atoms with Crippen molar-refractivity contribution in [3.05, 3.63) is 0 Å². The molecule has 0 aromatic rings. The third-order valence-electron chi connectivity index (χ3n) is 0.820. The summed E-state index contributed by atoms with van der Waals surface area (Å²) in [5.74, 6) is -1.24. The van der Waals surface area contributed by atoms with Crippen LogP contribution in [0.25, 0.3) is 0 Å². The molecule has 10 heavy (non-hydrogen) atoms. The van der Waals surface area contributed by atoms with Gasteiger partial charge in [0.05, 0.1) is 0 Å². The molecule has 0 spiro atoms. The van der Waals surface area contributed by atoms with Gasteiger partial charge in [0.1, 0.15) is 6.61 Å². The molecule has 0 radical (unpaired) electrons. The predicted octanol–water partition coefficient (Wildman–Crippen LogP) is 0.741. The highest BCUT2D eigenvalue weighted by atomic mass is 19.3. The summed E-state index contributed by atoms with van der Waals surface area (Å²) in [5, 5.41) is 8.12. The van der Waals surface area contributed by atoms with Crippen molar-refractivity contribution < 1.29 is 23.4 Å².